The lowest BCUT2D eigenvalue weighted by atomic mass is 10.1. The van der Waals surface area contributed by atoms with Gasteiger partial charge in [0, 0.05) is 24.3 Å². The van der Waals surface area contributed by atoms with Crippen molar-refractivity contribution < 1.29 is 25.1 Å². The molecule has 0 aliphatic rings. The molecular weight excluding hydrogens is 474 g/mol. The molecule has 0 saturated carbocycles. The lowest BCUT2D eigenvalue weighted by Gasteiger charge is -2.21. The van der Waals surface area contributed by atoms with Crippen molar-refractivity contribution in [3.8, 4) is 5.75 Å². The molecule has 10 heteroatoms. The van der Waals surface area contributed by atoms with Gasteiger partial charge in [-0.25, -0.2) is 5.43 Å². The van der Waals surface area contributed by atoms with E-state index in [1.165, 1.54) is 24.4 Å². The second-order valence-electron chi connectivity index (χ2n) is 7.88. The first-order valence-electron chi connectivity index (χ1n) is 11.6. The van der Waals surface area contributed by atoms with Crippen LogP contribution in [0.15, 0.2) is 83.6 Å². The van der Waals surface area contributed by atoms with E-state index >= 15 is 0 Å². The molecule has 10 nitrogen and oxygen atoms in total. The first-order valence-corrected chi connectivity index (χ1v) is 11.6. The number of nitrogens with one attached hydrogen (secondary N) is 2. The number of anilines is 2. The summed E-state index contributed by atoms with van der Waals surface area (Å²) in [6, 6.07) is 20.0. The Morgan fingerprint density at radius 1 is 0.919 bits per heavy atom. The zero-order chi connectivity index (χ0) is 26.8. The third-order valence-corrected chi connectivity index (χ3v) is 5.46. The number of phenols is 1. The minimum Gasteiger partial charge on any atom is -0.506 e. The van der Waals surface area contributed by atoms with Gasteiger partial charge < -0.3 is 15.3 Å². The van der Waals surface area contributed by atoms with Gasteiger partial charge in [-0.05, 0) is 73.5 Å². The molecule has 0 aliphatic carbocycles. The number of hydrazone groups is 1. The second-order valence-corrected chi connectivity index (χ2v) is 7.88. The number of phenolic OH excluding ortho intramolecular Hbond substituents is 1. The fraction of sp³-hybridized carbons (Fsp3) is 0.148. The molecule has 3 aromatic rings. The summed E-state index contributed by atoms with van der Waals surface area (Å²) in [4.78, 5) is 27.9. The average Bonchev–Trinajstić information content (AvgIpc) is 2.91. The van der Waals surface area contributed by atoms with E-state index in [0.29, 0.717) is 16.7 Å². The molecule has 192 valence electrons. The highest BCUT2D eigenvalue weighted by molar-refractivity contribution is 6.05. The van der Waals surface area contributed by atoms with E-state index in [2.05, 4.69) is 34.6 Å². The number of rotatable bonds is 10. The summed E-state index contributed by atoms with van der Waals surface area (Å²) in [5.74, 6) is -1.48. The molecule has 0 bridgehead atoms. The van der Waals surface area contributed by atoms with Crippen LogP contribution < -0.4 is 20.9 Å². The summed E-state index contributed by atoms with van der Waals surface area (Å²) in [5.41, 5.74) is 4.57. The molecule has 0 aromatic heterocycles. The molecule has 0 fully saturated rings. The predicted octanol–water partition coefficient (Wildman–Crippen LogP) is 3.74. The van der Waals surface area contributed by atoms with E-state index in [4.69, 9.17) is 0 Å². The minimum absolute atomic E-state index is 0.0233. The molecule has 0 aliphatic heterocycles. The van der Waals surface area contributed by atoms with Crippen molar-refractivity contribution in [3.63, 3.8) is 0 Å². The Hall–Kier alpha value is -4.67. The van der Waals surface area contributed by atoms with Crippen LogP contribution in [0.2, 0.25) is 0 Å². The maximum absolute atomic E-state index is 13.0. The summed E-state index contributed by atoms with van der Waals surface area (Å²) in [7, 11) is 0. The molecule has 5 N–H and O–H groups in total. The van der Waals surface area contributed by atoms with Crippen molar-refractivity contribution in [1.29, 1.82) is 0 Å². The minimum atomic E-state index is -0.668. The molecule has 37 heavy (non-hydrogen) atoms. The highest BCUT2D eigenvalue weighted by atomic mass is 16.8. The lowest BCUT2D eigenvalue weighted by Crippen LogP contribution is -2.32. The Morgan fingerprint density at radius 3 is 2.19 bits per heavy atom. The van der Waals surface area contributed by atoms with E-state index < -0.39 is 11.8 Å². The van der Waals surface area contributed by atoms with Gasteiger partial charge in [0.2, 0.25) is 0 Å². The third-order valence-electron chi connectivity index (χ3n) is 5.46. The van der Waals surface area contributed by atoms with Gasteiger partial charge in [-0.15, -0.1) is 5.23 Å². The first-order chi connectivity index (χ1) is 17.8. The zero-order valence-electron chi connectivity index (χ0n) is 20.5. The molecule has 0 radical (unpaired) electrons. The molecule has 2 amide bonds. The average molecular weight is 504 g/mol. The van der Waals surface area contributed by atoms with E-state index in [1.807, 2.05) is 24.3 Å². The number of hydrogen-bond acceptors (Lipinski definition) is 8. The number of nitrogens with zero attached hydrogens (tertiary/aromatic N) is 3. The van der Waals surface area contributed by atoms with E-state index in [1.54, 1.807) is 36.4 Å². The lowest BCUT2D eigenvalue weighted by molar-refractivity contribution is -0.117. The van der Waals surface area contributed by atoms with Crippen LogP contribution in [0.3, 0.4) is 0 Å². The fourth-order valence-corrected chi connectivity index (χ4v) is 3.49. The molecule has 0 saturated heterocycles. The number of amides is 2. The normalized spacial score (nSPS) is 11.3. The Kier molecular flexibility index (Phi) is 9.36. The molecule has 0 heterocycles. The second kappa shape index (κ2) is 12.9. The smallest absolute Gasteiger partial charge is 0.287 e. The van der Waals surface area contributed by atoms with Gasteiger partial charge in [0.15, 0.2) is 0 Å². The van der Waals surface area contributed by atoms with E-state index in [-0.39, 0.29) is 22.4 Å². The molecule has 0 unspecified atom stereocenters. The van der Waals surface area contributed by atoms with Gasteiger partial charge in [-0.1, -0.05) is 30.3 Å². The largest absolute Gasteiger partial charge is 0.506 e. The van der Waals surface area contributed by atoms with Crippen LogP contribution in [-0.2, 0) is 4.79 Å². The van der Waals surface area contributed by atoms with Gasteiger partial charge in [0.05, 0.1) is 6.21 Å². The van der Waals surface area contributed by atoms with Crippen LogP contribution in [0, 0.1) is 0 Å². The number of hydrogen-bond donors (Lipinski definition) is 5. The molecule has 3 rings (SSSR count). The number of benzene rings is 3. The number of carbonyl (C=O) groups excluding carboxylic acids is 2. The number of aromatic hydroxyl groups is 1. The summed E-state index contributed by atoms with van der Waals surface area (Å²) in [5, 5.41) is 34.3. The van der Waals surface area contributed by atoms with Gasteiger partial charge >= 0.3 is 0 Å². The molecule has 0 atom stereocenters. The predicted molar refractivity (Wildman–Crippen MR) is 142 cm³/mol. The van der Waals surface area contributed by atoms with Crippen molar-refractivity contribution in [3.05, 3.63) is 95.2 Å². The van der Waals surface area contributed by atoms with Crippen LogP contribution in [-0.4, -0.2) is 46.6 Å². The molecule has 0 spiro atoms. The quantitative estimate of drug-likeness (QED) is 0.161. The van der Waals surface area contributed by atoms with Gasteiger partial charge in [-0.2, -0.15) is 5.10 Å². The Labute approximate surface area is 214 Å². The van der Waals surface area contributed by atoms with Gasteiger partial charge in [0.25, 0.3) is 11.8 Å². The summed E-state index contributed by atoms with van der Waals surface area (Å²) in [6.07, 6.45) is 2.80. The summed E-state index contributed by atoms with van der Waals surface area (Å²) in [6.45, 7) is 5.87. The van der Waals surface area contributed by atoms with Crippen LogP contribution >= 0.6 is 0 Å². The third kappa shape index (κ3) is 7.40. The van der Waals surface area contributed by atoms with E-state index in [9.17, 15) is 25.1 Å². The van der Waals surface area contributed by atoms with Crippen molar-refractivity contribution in [2.24, 2.45) is 5.10 Å². The van der Waals surface area contributed by atoms with Crippen LogP contribution in [0.5, 0.6) is 5.75 Å². The maximum Gasteiger partial charge on any atom is 0.287 e. The van der Waals surface area contributed by atoms with Crippen LogP contribution in [0.1, 0.15) is 35.3 Å². The molecular formula is C27H29N5O5. The maximum atomic E-state index is 13.0. The summed E-state index contributed by atoms with van der Waals surface area (Å²) >= 11 is 0. The van der Waals surface area contributed by atoms with Crippen molar-refractivity contribution >= 4 is 35.5 Å². The SMILES string of the molecule is CCN(CC)c1ccc(/C=C(\NC(=O)c2ccccc2)C(=O)N/N=C/c2ccc(O)c(N(O)O)c2)cc1. The highest BCUT2D eigenvalue weighted by Crippen LogP contribution is 2.25. The van der Waals surface area contributed by atoms with Crippen molar-refractivity contribution in [2.45, 2.75) is 13.8 Å². The standard InChI is InChI=1S/C27H29N5O5/c1-3-31(4-2)22-13-10-19(11-14-22)16-23(29-26(34)21-8-6-5-7-9-21)27(35)30-28-18-20-12-15-25(33)24(17-20)32(36)37/h5-18,33,36-37H,3-4H2,1-2H3,(H,29,34)(H,30,35)/b23-16-,28-18+. The van der Waals surface area contributed by atoms with Gasteiger partial charge in [-0.3, -0.25) is 20.0 Å². The zero-order valence-corrected chi connectivity index (χ0v) is 20.5. The Bertz CT molecular complexity index is 1270. The first kappa shape index (κ1) is 26.9. The van der Waals surface area contributed by atoms with E-state index in [0.717, 1.165) is 18.8 Å². The monoisotopic (exact) mass is 503 g/mol. The fourth-order valence-electron chi connectivity index (χ4n) is 3.49. The Balaban J connectivity index is 1.83. The highest BCUT2D eigenvalue weighted by Gasteiger charge is 2.15. The van der Waals surface area contributed by atoms with Crippen LogP contribution in [0.4, 0.5) is 11.4 Å². The van der Waals surface area contributed by atoms with Crippen molar-refractivity contribution in [2.75, 3.05) is 23.2 Å². The van der Waals surface area contributed by atoms with Crippen LogP contribution in [0.25, 0.3) is 6.08 Å². The van der Waals surface area contributed by atoms with Crippen molar-refractivity contribution in [1.82, 2.24) is 10.7 Å². The number of carbonyl (C=O) groups is 2. The molecule has 3 aromatic carbocycles. The topological polar surface area (TPSA) is 138 Å². The summed E-state index contributed by atoms with van der Waals surface area (Å²) < 4.78 is 0. The van der Waals surface area contributed by atoms with Gasteiger partial charge in [0.1, 0.15) is 17.1 Å². The Morgan fingerprint density at radius 2 is 1.57 bits per heavy atom.